The van der Waals surface area contributed by atoms with Crippen LogP contribution in [0.1, 0.15) is 30.4 Å². The summed E-state index contributed by atoms with van der Waals surface area (Å²) in [6, 6.07) is 7.54. The average Bonchev–Trinajstić information content (AvgIpc) is 3.09. The van der Waals surface area contributed by atoms with Crippen molar-refractivity contribution in [2.75, 3.05) is 0 Å². The molecule has 2 aliphatic carbocycles. The molecule has 3 rings (SSSR count). The summed E-state index contributed by atoms with van der Waals surface area (Å²) < 4.78 is 0. The van der Waals surface area contributed by atoms with Crippen LogP contribution in [-0.4, -0.2) is 17.0 Å². The van der Waals surface area contributed by atoms with Gasteiger partial charge >= 0.3 is 5.97 Å². The van der Waals surface area contributed by atoms with E-state index in [-0.39, 0.29) is 11.8 Å². The first-order valence-corrected chi connectivity index (χ1v) is 7.39. The lowest BCUT2D eigenvalue weighted by molar-refractivity contribution is -0.131. The van der Waals surface area contributed by atoms with Crippen LogP contribution in [0.3, 0.4) is 0 Å². The standard InChI is InChI=1S/C17H19NO3/c19-16(20)5-4-11-2-1-3-12(6-11)10-18-17(21)15-8-13-7-14(13)9-15/h1-6,13-15H,7-10H2,(H,18,21)(H,19,20)/b5-4+. The molecule has 1 aromatic rings. The van der Waals surface area contributed by atoms with Crippen molar-refractivity contribution in [1.29, 1.82) is 0 Å². The largest absolute Gasteiger partial charge is 0.478 e. The molecule has 2 N–H and O–H groups in total. The Labute approximate surface area is 123 Å². The Morgan fingerprint density at radius 1 is 1.24 bits per heavy atom. The van der Waals surface area contributed by atoms with E-state index in [0.717, 1.165) is 41.9 Å². The summed E-state index contributed by atoms with van der Waals surface area (Å²) in [6.07, 6.45) is 6.10. The number of amides is 1. The summed E-state index contributed by atoms with van der Waals surface area (Å²) in [4.78, 5) is 22.6. The Balaban J connectivity index is 1.53. The van der Waals surface area contributed by atoms with Gasteiger partial charge in [0.25, 0.3) is 0 Å². The molecule has 0 bridgehead atoms. The molecule has 2 unspecified atom stereocenters. The van der Waals surface area contributed by atoms with Gasteiger partial charge in [0.15, 0.2) is 0 Å². The van der Waals surface area contributed by atoms with E-state index in [2.05, 4.69) is 5.32 Å². The topological polar surface area (TPSA) is 66.4 Å². The van der Waals surface area contributed by atoms with Crippen LogP contribution in [-0.2, 0) is 16.1 Å². The van der Waals surface area contributed by atoms with Crippen molar-refractivity contribution in [3.8, 4) is 0 Å². The van der Waals surface area contributed by atoms with Crippen LogP contribution < -0.4 is 5.32 Å². The minimum absolute atomic E-state index is 0.161. The van der Waals surface area contributed by atoms with Gasteiger partial charge < -0.3 is 10.4 Å². The van der Waals surface area contributed by atoms with Gasteiger partial charge in [-0.25, -0.2) is 4.79 Å². The monoisotopic (exact) mass is 285 g/mol. The fourth-order valence-corrected chi connectivity index (χ4v) is 3.24. The molecule has 0 aliphatic heterocycles. The number of carbonyl (C=O) groups is 2. The predicted octanol–water partition coefficient (Wildman–Crippen LogP) is 2.45. The molecule has 2 aliphatic rings. The zero-order valence-corrected chi connectivity index (χ0v) is 11.8. The second-order valence-electron chi connectivity index (χ2n) is 6.06. The van der Waals surface area contributed by atoms with E-state index in [9.17, 15) is 9.59 Å². The van der Waals surface area contributed by atoms with E-state index in [4.69, 9.17) is 5.11 Å². The third kappa shape index (κ3) is 3.51. The molecule has 1 aromatic carbocycles. The van der Waals surface area contributed by atoms with Gasteiger partial charge in [-0.15, -0.1) is 0 Å². The summed E-state index contributed by atoms with van der Waals surface area (Å²) in [7, 11) is 0. The number of carbonyl (C=O) groups excluding carboxylic acids is 1. The Morgan fingerprint density at radius 2 is 2.00 bits per heavy atom. The van der Waals surface area contributed by atoms with Gasteiger partial charge in [0.1, 0.15) is 0 Å². The lowest BCUT2D eigenvalue weighted by Gasteiger charge is -2.12. The molecule has 21 heavy (non-hydrogen) atoms. The normalized spacial score (nSPS) is 26.6. The number of carboxylic acid groups (broad SMARTS) is 1. The van der Waals surface area contributed by atoms with Crippen LogP contribution in [0.2, 0.25) is 0 Å². The molecule has 0 radical (unpaired) electrons. The van der Waals surface area contributed by atoms with Gasteiger partial charge in [-0.3, -0.25) is 4.79 Å². The van der Waals surface area contributed by atoms with E-state index in [0.29, 0.717) is 6.54 Å². The van der Waals surface area contributed by atoms with Crippen molar-refractivity contribution in [3.05, 3.63) is 41.5 Å². The molecule has 0 heterocycles. The fourth-order valence-electron chi connectivity index (χ4n) is 3.24. The maximum Gasteiger partial charge on any atom is 0.328 e. The van der Waals surface area contributed by atoms with Crippen LogP contribution in [0.25, 0.3) is 6.08 Å². The molecular weight excluding hydrogens is 266 g/mol. The smallest absolute Gasteiger partial charge is 0.328 e. The molecule has 2 fully saturated rings. The van der Waals surface area contributed by atoms with Crippen LogP contribution in [0.15, 0.2) is 30.3 Å². The highest BCUT2D eigenvalue weighted by molar-refractivity contribution is 5.85. The molecule has 2 saturated carbocycles. The predicted molar refractivity (Wildman–Crippen MR) is 79.3 cm³/mol. The molecule has 4 nitrogen and oxygen atoms in total. The number of hydrogen-bond acceptors (Lipinski definition) is 2. The number of aliphatic carboxylic acids is 1. The minimum Gasteiger partial charge on any atom is -0.478 e. The molecule has 2 atom stereocenters. The van der Waals surface area contributed by atoms with E-state index in [1.807, 2.05) is 24.3 Å². The Hall–Kier alpha value is -2.10. The third-order valence-corrected chi connectivity index (χ3v) is 4.45. The molecule has 1 amide bonds. The Morgan fingerprint density at radius 3 is 2.71 bits per heavy atom. The summed E-state index contributed by atoms with van der Waals surface area (Å²) in [6.45, 7) is 0.499. The first-order valence-electron chi connectivity index (χ1n) is 7.39. The molecule has 0 spiro atoms. The van der Waals surface area contributed by atoms with Crippen LogP contribution >= 0.6 is 0 Å². The average molecular weight is 285 g/mol. The number of rotatable bonds is 5. The number of fused-ring (bicyclic) bond motifs is 1. The minimum atomic E-state index is -0.964. The van der Waals surface area contributed by atoms with Crippen LogP contribution in [0.4, 0.5) is 0 Å². The fraction of sp³-hybridized carbons (Fsp3) is 0.412. The molecule has 0 aromatic heterocycles. The number of hydrogen-bond donors (Lipinski definition) is 2. The quantitative estimate of drug-likeness (QED) is 0.817. The third-order valence-electron chi connectivity index (χ3n) is 4.45. The van der Waals surface area contributed by atoms with Gasteiger partial charge in [0.05, 0.1) is 0 Å². The van der Waals surface area contributed by atoms with Gasteiger partial charge in [-0.05, 0) is 54.4 Å². The van der Waals surface area contributed by atoms with Crippen molar-refractivity contribution < 1.29 is 14.7 Å². The van der Waals surface area contributed by atoms with Crippen molar-refractivity contribution >= 4 is 18.0 Å². The SMILES string of the molecule is O=C(O)/C=C/c1cccc(CNC(=O)C2CC3CC3C2)c1. The number of carboxylic acids is 1. The van der Waals surface area contributed by atoms with Gasteiger partial charge in [-0.1, -0.05) is 18.2 Å². The van der Waals surface area contributed by atoms with Crippen molar-refractivity contribution in [2.24, 2.45) is 17.8 Å². The summed E-state index contributed by atoms with van der Waals surface area (Å²) in [5, 5.41) is 11.6. The van der Waals surface area contributed by atoms with Gasteiger partial charge in [0, 0.05) is 18.5 Å². The van der Waals surface area contributed by atoms with Crippen molar-refractivity contribution in [3.63, 3.8) is 0 Å². The summed E-state index contributed by atoms with van der Waals surface area (Å²) in [5.41, 5.74) is 1.81. The van der Waals surface area contributed by atoms with Gasteiger partial charge in [-0.2, -0.15) is 0 Å². The maximum absolute atomic E-state index is 12.1. The lowest BCUT2D eigenvalue weighted by Crippen LogP contribution is -2.29. The van der Waals surface area contributed by atoms with Crippen molar-refractivity contribution in [1.82, 2.24) is 5.32 Å². The van der Waals surface area contributed by atoms with E-state index in [1.165, 1.54) is 6.42 Å². The first-order chi connectivity index (χ1) is 10.1. The van der Waals surface area contributed by atoms with E-state index >= 15 is 0 Å². The summed E-state index contributed by atoms with van der Waals surface area (Å²) in [5.74, 6) is 1.02. The first kappa shape index (κ1) is 13.9. The Bertz CT molecular complexity index is 583. The zero-order chi connectivity index (χ0) is 14.8. The summed E-state index contributed by atoms with van der Waals surface area (Å²) >= 11 is 0. The highest BCUT2D eigenvalue weighted by atomic mass is 16.4. The molecule has 110 valence electrons. The number of nitrogens with one attached hydrogen (secondary N) is 1. The second kappa shape index (κ2) is 5.72. The maximum atomic E-state index is 12.1. The van der Waals surface area contributed by atoms with Crippen LogP contribution in [0.5, 0.6) is 0 Å². The highest BCUT2D eigenvalue weighted by Crippen LogP contribution is 2.54. The Kier molecular flexibility index (Phi) is 3.78. The van der Waals surface area contributed by atoms with Gasteiger partial charge in [0.2, 0.25) is 5.91 Å². The molecule has 4 heteroatoms. The van der Waals surface area contributed by atoms with Crippen molar-refractivity contribution in [2.45, 2.75) is 25.8 Å². The zero-order valence-electron chi connectivity index (χ0n) is 11.8. The molecule has 0 saturated heterocycles. The van der Waals surface area contributed by atoms with E-state index in [1.54, 1.807) is 6.08 Å². The number of benzene rings is 1. The molecular formula is C17H19NO3. The van der Waals surface area contributed by atoms with E-state index < -0.39 is 5.97 Å². The highest BCUT2D eigenvalue weighted by Gasteiger charge is 2.47. The lowest BCUT2D eigenvalue weighted by atomic mass is 10.0. The second-order valence-corrected chi connectivity index (χ2v) is 6.06. The van der Waals surface area contributed by atoms with Crippen LogP contribution in [0, 0.1) is 17.8 Å².